The fraction of sp³-hybridized carbons (Fsp3) is 0. The summed E-state index contributed by atoms with van der Waals surface area (Å²) >= 11 is 0. The van der Waals surface area contributed by atoms with Gasteiger partial charge in [0.2, 0.25) is 0 Å². The SMILES string of the molecule is [NH]NC(=O)NN. The molecule has 0 spiro atoms. The number of amides is 2. The molecule has 0 unspecified atom stereocenters. The van der Waals surface area contributed by atoms with Crippen molar-refractivity contribution in [3.8, 4) is 0 Å². The summed E-state index contributed by atoms with van der Waals surface area (Å²) in [5.41, 5.74) is 3.17. The predicted octanol–water partition coefficient (Wildman–Crippen LogP) is -1.64. The smallest absolute Gasteiger partial charge is 0.275 e. The minimum atomic E-state index is -0.713. The molecular weight excluding hydrogens is 84.0 g/mol. The van der Waals surface area contributed by atoms with Crippen molar-refractivity contribution in [2.75, 3.05) is 0 Å². The molecule has 0 fully saturated rings. The molecular formula is CH5N4O. The molecule has 2 amide bonds. The molecule has 6 heavy (non-hydrogen) atoms. The van der Waals surface area contributed by atoms with Crippen LogP contribution in [0.25, 0.3) is 0 Å². The number of hydrogen-bond donors (Lipinski definition) is 3. The highest BCUT2D eigenvalue weighted by Crippen LogP contribution is 1.44. The Morgan fingerprint density at radius 1 is 1.83 bits per heavy atom. The maximum absolute atomic E-state index is 9.65. The number of hydrogen-bond acceptors (Lipinski definition) is 2. The summed E-state index contributed by atoms with van der Waals surface area (Å²) in [5.74, 6) is 10.6. The molecule has 0 aliphatic rings. The average Bonchev–Trinajstić information content (AvgIpc) is 1.65. The summed E-state index contributed by atoms with van der Waals surface area (Å²) in [6, 6.07) is -0.713. The van der Waals surface area contributed by atoms with Gasteiger partial charge in [0.1, 0.15) is 0 Å². The van der Waals surface area contributed by atoms with E-state index in [2.05, 4.69) is 5.84 Å². The molecule has 0 bridgehead atoms. The first-order chi connectivity index (χ1) is 2.81. The topological polar surface area (TPSA) is 90.9 Å². The van der Waals surface area contributed by atoms with Gasteiger partial charge in [-0.25, -0.2) is 10.6 Å². The molecule has 0 aromatic rings. The van der Waals surface area contributed by atoms with Crippen LogP contribution in [0.5, 0.6) is 0 Å². The maximum atomic E-state index is 9.65. The highest BCUT2D eigenvalue weighted by Gasteiger charge is 1.83. The molecule has 0 aliphatic heterocycles. The first-order valence-electron chi connectivity index (χ1n) is 1.24. The van der Waals surface area contributed by atoms with Gasteiger partial charge in [0.05, 0.1) is 0 Å². The van der Waals surface area contributed by atoms with E-state index in [1.54, 1.807) is 5.43 Å². The standard InChI is InChI=1S/CH5N4O/c2-4-1(6)5-3/h2H,3H2,(H2,4,5,6). The number of urea groups is 1. The van der Waals surface area contributed by atoms with Gasteiger partial charge in [0.25, 0.3) is 0 Å². The second kappa shape index (κ2) is 2.43. The lowest BCUT2D eigenvalue weighted by atomic mass is 11.1. The Morgan fingerprint density at radius 2 is 2.33 bits per heavy atom. The Morgan fingerprint density at radius 3 is 2.33 bits per heavy atom. The Bertz CT molecular complexity index is 45.5. The van der Waals surface area contributed by atoms with E-state index < -0.39 is 6.03 Å². The van der Waals surface area contributed by atoms with Crippen molar-refractivity contribution in [3.05, 3.63) is 0 Å². The Kier molecular flexibility index (Phi) is 2.10. The van der Waals surface area contributed by atoms with Crippen LogP contribution in [0, 0.1) is 0 Å². The largest absolute Gasteiger partial charge is 0.344 e. The van der Waals surface area contributed by atoms with Crippen LogP contribution in [0.1, 0.15) is 0 Å². The van der Waals surface area contributed by atoms with E-state index in [0.29, 0.717) is 0 Å². The van der Waals surface area contributed by atoms with Crippen LogP contribution in [-0.2, 0) is 0 Å². The number of hydrazine groups is 1. The molecule has 0 saturated heterocycles. The Labute approximate surface area is 34.6 Å². The highest BCUT2D eigenvalue weighted by molar-refractivity contribution is 5.72. The summed E-state index contributed by atoms with van der Waals surface area (Å²) in [7, 11) is 0. The molecule has 1 radical (unpaired) electrons. The van der Waals surface area contributed by atoms with Gasteiger partial charge < -0.3 is 0 Å². The number of nitrogens with two attached hydrogens (primary N) is 1. The molecule has 0 saturated carbocycles. The quantitative estimate of drug-likeness (QED) is 0.188. The van der Waals surface area contributed by atoms with Gasteiger partial charge in [-0.15, -0.1) is 0 Å². The van der Waals surface area contributed by atoms with Gasteiger partial charge in [-0.1, -0.05) is 0 Å². The Balaban J connectivity index is 2.99. The minimum absolute atomic E-state index is 0.713. The van der Waals surface area contributed by atoms with Crippen molar-refractivity contribution in [2.45, 2.75) is 0 Å². The number of carbonyl (C=O) groups is 1. The van der Waals surface area contributed by atoms with Crippen LogP contribution in [0.4, 0.5) is 4.79 Å². The molecule has 0 heterocycles. The molecule has 0 aromatic heterocycles. The van der Waals surface area contributed by atoms with Crippen molar-refractivity contribution < 1.29 is 4.79 Å². The molecule has 35 valence electrons. The van der Waals surface area contributed by atoms with Gasteiger partial charge in [-0.05, 0) is 0 Å². The average molecular weight is 89.1 g/mol. The van der Waals surface area contributed by atoms with Crippen molar-refractivity contribution in [1.82, 2.24) is 16.7 Å². The third kappa shape index (κ3) is 1.50. The monoisotopic (exact) mass is 89.0 g/mol. The fourth-order valence-electron chi connectivity index (χ4n) is 0.0361. The third-order valence-electron chi connectivity index (χ3n) is 0.245. The van der Waals surface area contributed by atoms with E-state index in [9.17, 15) is 4.79 Å². The zero-order valence-corrected chi connectivity index (χ0v) is 2.99. The summed E-state index contributed by atoms with van der Waals surface area (Å²) < 4.78 is 0. The number of carbonyl (C=O) groups excluding carboxylic acids is 1. The minimum Gasteiger partial charge on any atom is -0.275 e. The van der Waals surface area contributed by atoms with E-state index in [-0.39, 0.29) is 0 Å². The lowest BCUT2D eigenvalue weighted by molar-refractivity contribution is 0.241. The van der Waals surface area contributed by atoms with Gasteiger partial charge >= 0.3 is 6.03 Å². The van der Waals surface area contributed by atoms with Gasteiger partial charge in [-0.2, -0.15) is 5.84 Å². The Hall–Kier alpha value is -0.810. The van der Waals surface area contributed by atoms with Crippen LogP contribution in [0.2, 0.25) is 0 Å². The van der Waals surface area contributed by atoms with E-state index in [0.717, 1.165) is 0 Å². The zero-order chi connectivity index (χ0) is 4.99. The number of rotatable bonds is 0. The zero-order valence-electron chi connectivity index (χ0n) is 2.99. The van der Waals surface area contributed by atoms with Gasteiger partial charge in [0.15, 0.2) is 0 Å². The van der Waals surface area contributed by atoms with E-state index >= 15 is 0 Å². The normalized spacial score (nSPS) is 7.00. The van der Waals surface area contributed by atoms with Crippen molar-refractivity contribution in [2.24, 2.45) is 5.84 Å². The lowest BCUT2D eigenvalue weighted by Crippen LogP contribution is -2.38. The second-order valence-electron chi connectivity index (χ2n) is 0.598. The summed E-state index contributed by atoms with van der Waals surface area (Å²) in [6.07, 6.45) is 0. The molecule has 5 nitrogen and oxygen atoms in total. The van der Waals surface area contributed by atoms with Crippen LogP contribution < -0.4 is 22.5 Å². The molecule has 0 aliphatic carbocycles. The second-order valence-corrected chi connectivity index (χ2v) is 0.598. The van der Waals surface area contributed by atoms with Crippen molar-refractivity contribution in [3.63, 3.8) is 0 Å². The van der Waals surface area contributed by atoms with Crippen LogP contribution >= 0.6 is 0 Å². The summed E-state index contributed by atoms with van der Waals surface area (Å²) in [4.78, 5) is 9.65. The highest BCUT2D eigenvalue weighted by atomic mass is 16.2. The number of nitrogens with one attached hydrogen (secondary N) is 3. The lowest BCUT2D eigenvalue weighted by Gasteiger charge is -1.89. The molecule has 0 aromatic carbocycles. The summed E-state index contributed by atoms with van der Waals surface area (Å²) in [5, 5.41) is 0. The third-order valence-corrected chi connectivity index (χ3v) is 0.245. The van der Waals surface area contributed by atoms with Crippen LogP contribution in [-0.4, -0.2) is 6.03 Å². The first-order valence-corrected chi connectivity index (χ1v) is 1.24. The van der Waals surface area contributed by atoms with Crippen LogP contribution in [0.15, 0.2) is 0 Å². The van der Waals surface area contributed by atoms with E-state index in [1.165, 1.54) is 5.43 Å². The van der Waals surface area contributed by atoms with E-state index in [4.69, 9.17) is 5.84 Å². The van der Waals surface area contributed by atoms with Gasteiger partial charge in [0, 0.05) is 0 Å². The van der Waals surface area contributed by atoms with Crippen molar-refractivity contribution >= 4 is 6.03 Å². The fourth-order valence-corrected chi connectivity index (χ4v) is 0.0361. The molecule has 5 heteroatoms. The molecule has 5 N–H and O–H groups in total. The predicted molar refractivity (Wildman–Crippen MR) is 19.0 cm³/mol. The molecule has 0 atom stereocenters. The van der Waals surface area contributed by atoms with Gasteiger partial charge in [-0.3, -0.25) is 10.9 Å². The maximum Gasteiger partial charge on any atom is 0.344 e. The summed E-state index contributed by atoms with van der Waals surface area (Å²) in [6.45, 7) is 0. The first kappa shape index (κ1) is 5.19. The van der Waals surface area contributed by atoms with E-state index in [1.807, 2.05) is 0 Å². The molecule has 0 rings (SSSR count). The van der Waals surface area contributed by atoms with Crippen LogP contribution in [0.3, 0.4) is 0 Å². The van der Waals surface area contributed by atoms with Crippen molar-refractivity contribution in [1.29, 1.82) is 0 Å².